The fraction of sp³-hybridized carbons (Fsp3) is 0.273. The van der Waals surface area contributed by atoms with Crippen LogP contribution < -0.4 is 10.5 Å². The van der Waals surface area contributed by atoms with Crippen molar-refractivity contribution in [3.05, 3.63) is 35.9 Å². The second-order valence-electron chi connectivity index (χ2n) is 4.15. The van der Waals surface area contributed by atoms with Gasteiger partial charge in [-0.3, -0.25) is 0 Å². The first kappa shape index (κ1) is 13.5. The highest BCUT2D eigenvalue weighted by Gasteiger charge is 2.18. The molecule has 2 rings (SSSR count). The van der Waals surface area contributed by atoms with Crippen LogP contribution in [0.2, 0.25) is 0 Å². The lowest BCUT2D eigenvalue weighted by Gasteiger charge is -2.10. The van der Waals surface area contributed by atoms with E-state index in [9.17, 15) is 8.42 Å². The van der Waals surface area contributed by atoms with Crippen molar-refractivity contribution in [2.75, 3.05) is 5.73 Å². The molecule has 3 N–H and O–H groups in total. The van der Waals surface area contributed by atoms with Crippen LogP contribution in [0.5, 0.6) is 0 Å². The number of nitrogens with zero attached hydrogens (tertiary/aromatic N) is 3. The number of aromatic nitrogens is 3. The highest BCUT2D eigenvalue weighted by molar-refractivity contribution is 7.89. The predicted octanol–water partition coefficient (Wildman–Crippen LogP) is 0.184. The average molecular weight is 281 g/mol. The van der Waals surface area contributed by atoms with Crippen LogP contribution >= 0.6 is 0 Å². The molecule has 1 aromatic carbocycles. The molecule has 0 fully saturated rings. The van der Waals surface area contributed by atoms with E-state index in [0.717, 1.165) is 0 Å². The summed E-state index contributed by atoms with van der Waals surface area (Å²) in [6.45, 7) is 1.75. The van der Waals surface area contributed by atoms with Gasteiger partial charge >= 0.3 is 0 Å². The summed E-state index contributed by atoms with van der Waals surface area (Å²) in [7, 11) is -1.87. The van der Waals surface area contributed by atoms with Crippen molar-refractivity contribution in [2.24, 2.45) is 7.05 Å². The van der Waals surface area contributed by atoms with Crippen LogP contribution in [-0.2, 0) is 23.6 Å². The highest BCUT2D eigenvalue weighted by atomic mass is 32.2. The van der Waals surface area contributed by atoms with E-state index in [4.69, 9.17) is 5.73 Å². The van der Waals surface area contributed by atoms with Gasteiger partial charge in [0.15, 0.2) is 0 Å². The maximum atomic E-state index is 12.2. The minimum Gasteiger partial charge on any atom is -0.398 e. The van der Waals surface area contributed by atoms with Crippen molar-refractivity contribution in [3.8, 4) is 0 Å². The second-order valence-corrected chi connectivity index (χ2v) is 5.89. The Morgan fingerprint density at radius 3 is 2.79 bits per heavy atom. The van der Waals surface area contributed by atoms with E-state index in [1.165, 1.54) is 12.4 Å². The van der Waals surface area contributed by atoms with Crippen LogP contribution in [0.4, 0.5) is 5.69 Å². The maximum Gasteiger partial charge on any atom is 0.241 e. The second kappa shape index (κ2) is 4.98. The van der Waals surface area contributed by atoms with Gasteiger partial charge in [-0.2, -0.15) is 0 Å². The molecule has 0 amide bonds. The Bertz CT molecular complexity index is 693. The van der Waals surface area contributed by atoms with Crippen LogP contribution in [-0.4, -0.2) is 23.2 Å². The van der Waals surface area contributed by atoms with E-state index < -0.39 is 10.0 Å². The van der Waals surface area contributed by atoms with Crippen LogP contribution in [0.25, 0.3) is 0 Å². The topological polar surface area (TPSA) is 103 Å². The van der Waals surface area contributed by atoms with Gasteiger partial charge in [-0.15, -0.1) is 10.2 Å². The molecule has 2 aromatic rings. The number of hydrogen-bond donors (Lipinski definition) is 2. The Kier molecular flexibility index (Phi) is 3.54. The summed E-state index contributed by atoms with van der Waals surface area (Å²) in [5.41, 5.74) is 6.69. The average Bonchev–Trinajstić information content (AvgIpc) is 2.76. The molecule has 19 heavy (non-hydrogen) atoms. The molecular formula is C11H15N5O2S. The summed E-state index contributed by atoms with van der Waals surface area (Å²) in [6, 6.07) is 4.79. The molecule has 0 radical (unpaired) electrons. The molecule has 0 saturated carbocycles. The highest BCUT2D eigenvalue weighted by Crippen LogP contribution is 2.20. The molecule has 102 valence electrons. The number of rotatable bonds is 4. The molecule has 1 aromatic heterocycles. The van der Waals surface area contributed by atoms with Crippen LogP contribution in [0.1, 0.15) is 11.4 Å². The number of nitrogen functional groups attached to an aromatic ring is 1. The number of nitrogens with one attached hydrogen (secondary N) is 1. The number of nitrogens with two attached hydrogens (primary N) is 1. The summed E-state index contributed by atoms with van der Waals surface area (Å²) in [6.07, 6.45) is 1.51. The molecule has 0 spiro atoms. The lowest BCUT2D eigenvalue weighted by molar-refractivity contribution is 0.577. The molecule has 1 heterocycles. The third kappa shape index (κ3) is 2.74. The van der Waals surface area contributed by atoms with Gasteiger partial charge in [0.05, 0.1) is 11.4 Å². The zero-order chi connectivity index (χ0) is 14.0. The summed E-state index contributed by atoms with van der Waals surface area (Å²) in [5.74, 6) is 0.533. The summed E-state index contributed by atoms with van der Waals surface area (Å²) < 4.78 is 28.5. The van der Waals surface area contributed by atoms with Gasteiger partial charge in [0.2, 0.25) is 10.0 Å². The quantitative estimate of drug-likeness (QED) is 0.778. The molecule has 0 bridgehead atoms. The maximum absolute atomic E-state index is 12.2. The molecule has 0 aliphatic carbocycles. The van der Waals surface area contributed by atoms with Crippen molar-refractivity contribution in [1.82, 2.24) is 19.5 Å². The Morgan fingerprint density at radius 2 is 2.16 bits per heavy atom. The molecule has 0 unspecified atom stereocenters. The smallest absolute Gasteiger partial charge is 0.241 e. The minimum absolute atomic E-state index is 0.0765. The molecule has 8 heteroatoms. The van der Waals surface area contributed by atoms with Gasteiger partial charge in [-0.05, 0) is 24.6 Å². The Balaban J connectivity index is 2.24. The first-order chi connectivity index (χ1) is 8.92. The zero-order valence-electron chi connectivity index (χ0n) is 10.7. The van der Waals surface area contributed by atoms with Crippen molar-refractivity contribution < 1.29 is 8.42 Å². The number of sulfonamides is 1. The monoisotopic (exact) mass is 281 g/mol. The standard InChI is InChI=1S/C11H15N5O2S/c1-8-9(12)4-3-5-10(8)19(17,18)14-6-11-15-13-7-16(11)2/h3-5,7,14H,6,12H2,1-2H3. The molecule has 7 nitrogen and oxygen atoms in total. The van der Waals surface area contributed by atoms with Crippen molar-refractivity contribution in [2.45, 2.75) is 18.4 Å². The Hall–Kier alpha value is -1.93. The molecule has 0 saturated heterocycles. The van der Waals surface area contributed by atoms with Crippen LogP contribution in [0.3, 0.4) is 0 Å². The zero-order valence-corrected chi connectivity index (χ0v) is 11.5. The van der Waals surface area contributed by atoms with E-state index >= 15 is 0 Å². The van der Waals surface area contributed by atoms with E-state index in [1.807, 2.05) is 0 Å². The van der Waals surface area contributed by atoms with E-state index in [0.29, 0.717) is 17.1 Å². The summed E-state index contributed by atoms with van der Waals surface area (Å²) in [4.78, 5) is 0.176. The van der Waals surface area contributed by atoms with E-state index in [-0.39, 0.29) is 11.4 Å². The van der Waals surface area contributed by atoms with Crippen LogP contribution in [0, 0.1) is 6.92 Å². The predicted molar refractivity (Wildman–Crippen MR) is 70.6 cm³/mol. The van der Waals surface area contributed by atoms with Gasteiger partial charge in [-0.25, -0.2) is 13.1 Å². The van der Waals surface area contributed by atoms with E-state index in [2.05, 4.69) is 14.9 Å². The Morgan fingerprint density at radius 1 is 1.42 bits per heavy atom. The van der Waals surface area contributed by atoms with Gasteiger partial charge in [0, 0.05) is 12.7 Å². The van der Waals surface area contributed by atoms with Crippen LogP contribution in [0.15, 0.2) is 29.4 Å². The summed E-state index contributed by atoms with van der Waals surface area (Å²) >= 11 is 0. The number of aryl methyl sites for hydroxylation is 1. The lowest BCUT2D eigenvalue weighted by atomic mass is 10.2. The molecule has 0 aliphatic rings. The molecule has 0 atom stereocenters. The van der Waals surface area contributed by atoms with Crippen molar-refractivity contribution in [3.63, 3.8) is 0 Å². The lowest BCUT2D eigenvalue weighted by Crippen LogP contribution is -2.25. The Labute approximate surface area is 111 Å². The first-order valence-corrected chi connectivity index (χ1v) is 7.08. The van der Waals surface area contributed by atoms with E-state index in [1.54, 1.807) is 30.7 Å². The third-order valence-electron chi connectivity index (χ3n) is 2.84. The van der Waals surface area contributed by atoms with Gasteiger partial charge in [0.1, 0.15) is 12.2 Å². The fourth-order valence-corrected chi connectivity index (χ4v) is 2.88. The number of hydrogen-bond acceptors (Lipinski definition) is 5. The minimum atomic E-state index is -3.62. The largest absolute Gasteiger partial charge is 0.398 e. The fourth-order valence-electron chi connectivity index (χ4n) is 1.63. The summed E-state index contributed by atoms with van der Waals surface area (Å²) in [5, 5.41) is 7.50. The molecule has 0 aliphatic heterocycles. The van der Waals surface area contributed by atoms with Crippen molar-refractivity contribution >= 4 is 15.7 Å². The van der Waals surface area contributed by atoms with Crippen molar-refractivity contribution in [1.29, 1.82) is 0 Å². The van der Waals surface area contributed by atoms with Gasteiger partial charge < -0.3 is 10.3 Å². The normalized spacial score (nSPS) is 11.7. The van der Waals surface area contributed by atoms with Gasteiger partial charge in [0.25, 0.3) is 0 Å². The number of anilines is 1. The molecular weight excluding hydrogens is 266 g/mol. The van der Waals surface area contributed by atoms with Gasteiger partial charge in [-0.1, -0.05) is 6.07 Å². The number of benzene rings is 1. The third-order valence-corrected chi connectivity index (χ3v) is 4.39. The SMILES string of the molecule is Cc1c(N)cccc1S(=O)(=O)NCc1nncn1C. The first-order valence-electron chi connectivity index (χ1n) is 5.59.